The van der Waals surface area contributed by atoms with Crippen LogP contribution < -0.4 is 0 Å². The van der Waals surface area contributed by atoms with Gasteiger partial charge in [-0.05, 0) is 11.7 Å². The van der Waals surface area contributed by atoms with Crippen molar-refractivity contribution >= 4 is 18.5 Å². The summed E-state index contributed by atoms with van der Waals surface area (Å²) in [5, 5.41) is 0. The third-order valence-electron chi connectivity index (χ3n) is 1.83. The smallest absolute Gasteiger partial charge is 0.223 e. The van der Waals surface area contributed by atoms with Crippen LogP contribution in [0.25, 0.3) is 0 Å². The van der Waals surface area contributed by atoms with Crippen LogP contribution in [0.2, 0.25) is 0 Å². The molecule has 0 aromatic carbocycles. The van der Waals surface area contributed by atoms with Crippen LogP contribution in [0.1, 0.15) is 6.42 Å². The summed E-state index contributed by atoms with van der Waals surface area (Å²) in [6.07, 6.45) is 5.71. The number of carbonyl (C=O) groups excluding carboxylic acids is 1. The maximum absolute atomic E-state index is 11.1. The Labute approximate surface area is 72.4 Å². The van der Waals surface area contributed by atoms with Gasteiger partial charge in [0.2, 0.25) is 5.91 Å². The minimum atomic E-state index is 0.169. The highest BCUT2D eigenvalue weighted by Gasteiger charge is 2.27. The SMILES string of the molecule is C#CCN1CC(CS)CC1=O. The first-order valence-corrected chi connectivity index (χ1v) is 4.23. The molecule has 0 saturated carbocycles. The first-order chi connectivity index (χ1) is 5.27. The molecule has 0 aromatic rings. The lowest BCUT2D eigenvalue weighted by Crippen LogP contribution is -2.25. The lowest BCUT2D eigenvalue weighted by molar-refractivity contribution is -0.127. The molecule has 1 saturated heterocycles. The molecule has 1 amide bonds. The summed E-state index contributed by atoms with van der Waals surface area (Å²) >= 11 is 4.13. The second-order valence-corrected chi connectivity index (χ2v) is 3.10. The van der Waals surface area contributed by atoms with Crippen LogP contribution in [0.5, 0.6) is 0 Å². The van der Waals surface area contributed by atoms with Gasteiger partial charge < -0.3 is 4.90 Å². The van der Waals surface area contributed by atoms with Gasteiger partial charge in [0.25, 0.3) is 0 Å². The van der Waals surface area contributed by atoms with Gasteiger partial charge in [0, 0.05) is 13.0 Å². The molecular weight excluding hydrogens is 158 g/mol. The van der Waals surface area contributed by atoms with E-state index >= 15 is 0 Å². The predicted molar refractivity (Wildman–Crippen MR) is 47.4 cm³/mol. The lowest BCUT2D eigenvalue weighted by atomic mass is 10.1. The minimum Gasteiger partial charge on any atom is -0.331 e. The number of likely N-dealkylation sites (tertiary alicyclic amines) is 1. The van der Waals surface area contributed by atoms with Gasteiger partial charge >= 0.3 is 0 Å². The van der Waals surface area contributed by atoms with E-state index < -0.39 is 0 Å². The van der Waals surface area contributed by atoms with Crippen LogP contribution in [0, 0.1) is 18.3 Å². The van der Waals surface area contributed by atoms with Gasteiger partial charge in [0.1, 0.15) is 0 Å². The number of rotatable bonds is 2. The molecule has 1 atom stereocenters. The Balaban J connectivity index is 2.46. The molecule has 1 rings (SSSR count). The van der Waals surface area contributed by atoms with Crippen molar-refractivity contribution in [1.29, 1.82) is 0 Å². The Hall–Kier alpha value is -0.620. The van der Waals surface area contributed by atoms with E-state index in [1.807, 2.05) is 0 Å². The zero-order valence-electron chi connectivity index (χ0n) is 6.29. The number of carbonyl (C=O) groups is 1. The molecule has 1 aliphatic heterocycles. The monoisotopic (exact) mass is 169 g/mol. The summed E-state index contributed by atoms with van der Waals surface area (Å²) in [5.41, 5.74) is 0. The molecule has 3 heteroatoms. The standard InChI is InChI=1S/C8H11NOS/c1-2-3-9-5-7(6-11)4-8(9)10/h1,7,11H,3-6H2. The fourth-order valence-electron chi connectivity index (χ4n) is 1.24. The second kappa shape index (κ2) is 3.68. The number of nitrogens with zero attached hydrogens (tertiary/aromatic N) is 1. The number of thiol groups is 1. The van der Waals surface area contributed by atoms with Crippen LogP contribution in [0.15, 0.2) is 0 Å². The van der Waals surface area contributed by atoms with Crippen molar-refractivity contribution in [3.05, 3.63) is 0 Å². The zero-order valence-corrected chi connectivity index (χ0v) is 7.18. The highest BCUT2D eigenvalue weighted by atomic mass is 32.1. The van der Waals surface area contributed by atoms with Crippen LogP contribution in [-0.2, 0) is 4.79 Å². The Morgan fingerprint density at radius 3 is 3.00 bits per heavy atom. The van der Waals surface area contributed by atoms with E-state index in [0.717, 1.165) is 12.3 Å². The summed E-state index contributed by atoms with van der Waals surface area (Å²) in [7, 11) is 0. The third-order valence-corrected chi connectivity index (χ3v) is 2.35. The first kappa shape index (κ1) is 8.48. The van der Waals surface area contributed by atoms with Gasteiger partial charge in [-0.3, -0.25) is 4.79 Å². The molecule has 1 heterocycles. The fourth-order valence-corrected chi connectivity index (χ4v) is 1.48. The topological polar surface area (TPSA) is 20.3 Å². The Kier molecular flexibility index (Phi) is 2.84. The van der Waals surface area contributed by atoms with Crippen molar-refractivity contribution in [2.45, 2.75) is 6.42 Å². The van der Waals surface area contributed by atoms with Crippen LogP contribution in [0.4, 0.5) is 0 Å². The van der Waals surface area contributed by atoms with E-state index in [-0.39, 0.29) is 5.91 Å². The van der Waals surface area contributed by atoms with E-state index in [4.69, 9.17) is 6.42 Å². The molecule has 1 aliphatic rings. The van der Waals surface area contributed by atoms with E-state index in [9.17, 15) is 4.79 Å². The molecule has 0 N–H and O–H groups in total. The Morgan fingerprint density at radius 2 is 2.55 bits per heavy atom. The van der Waals surface area contributed by atoms with Gasteiger partial charge in [0.15, 0.2) is 0 Å². The summed E-state index contributed by atoms with van der Waals surface area (Å²) in [6, 6.07) is 0. The normalized spacial score (nSPS) is 23.8. The van der Waals surface area contributed by atoms with Gasteiger partial charge in [0.05, 0.1) is 6.54 Å². The molecule has 0 bridgehead atoms. The first-order valence-electron chi connectivity index (χ1n) is 3.60. The van der Waals surface area contributed by atoms with E-state index in [1.54, 1.807) is 4.90 Å². The molecule has 2 nitrogen and oxygen atoms in total. The zero-order chi connectivity index (χ0) is 8.27. The largest absolute Gasteiger partial charge is 0.331 e. The molecule has 60 valence electrons. The maximum Gasteiger partial charge on any atom is 0.223 e. The Morgan fingerprint density at radius 1 is 1.82 bits per heavy atom. The van der Waals surface area contributed by atoms with Crippen molar-refractivity contribution in [2.24, 2.45) is 5.92 Å². The van der Waals surface area contributed by atoms with Crippen molar-refractivity contribution in [1.82, 2.24) is 4.90 Å². The number of terminal acetylenes is 1. The molecule has 11 heavy (non-hydrogen) atoms. The van der Waals surface area contributed by atoms with Gasteiger partial charge in [-0.15, -0.1) is 6.42 Å². The van der Waals surface area contributed by atoms with Crippen LogP contribution >= 0.6 is 12.6 Å². The third kappa shape index (κ3) is 1.90. The van der Waals surface area contributed by atoms with Gasteiger partial charge in [-0.1, -0.05) is 5.92 Å². The second-order valence-electron chi connectivity index (χ2n) is 2.73. The van der Waals surface area contributed by atoms with Gasteiger partial charge in [-0.25, -0.2) is 0 Å². The van der Waals surface area contributed by atoms with E-state index in [0.29, 0.717) is 18.9 Å². The molecule has 0 aromatic heterocycles. The highest BCUT2D eigenvalue weighted by molar-refractivity contribution is 7.80. The molecule has 0 radical (unpaired) electrons. The lowest BCUT2D eigenvalue weighted by Gasteiger charge is -2.11. The number of hydrogen-bond donors (Lipinski definition) is 1. The summed E-state index contributed by atoms with van der Waals surface area (Å²) in [4.78, 5) is 12.8. The minimum absolute atomic E-state index is 0.169. The van der Waals surface area contributed by atoms with E-state index in [1.165, 1.54) is 0 Å². The van der Waals surface area contributed by atoms with Crippen molar-refractivity contribution in [3.63, 3.8) is 0 Å². The van der Waals surface area contributed by atoms with Crippen LogP contribution in [0.3, 0.4) is 0 Å². The quantitative estimate of drug-likeness (QED) is 0.468. The molecule has 0 aliphatic carbocycles. The predicted octanol–water partition coefficient (Wildman–Crippen LogP) is 0.398. The maximum atomic E-state index is 11.1. The summed E-state index contributed by atoms with van der Waals surface area (Å²) in [5.74, 6) is 3.81. The van der Waals surface area contributed by atoms with Gasteiger partial charge in [-0.2, -0.15) is 12.6 Å². The van der Waals surface area contributed by atoms with Crippen molar-refractivity contribution in [2.75, 3.05) is 18.8 Å². The average molecular weight is 169 g/mol. The molecular formula is C8H11NOS. The van der Waals surface area contributed by atoms with Crippen molar-refractivity contribution < 1.29 is 4.79 Å². The van der Waals surface area contributed by atoms with Crippen molar-refractivity contribution in [3.8, 4) is 12.3 Å². The summed E-state index contributed by atoms with van der Waals surface area (Å²) < 4.78 is 0. The molecule has 1 fully saturated rings. The highest BCUT2D eigenvalue weighted by Crippen LogP contribution is 2.17. The van der Waals surface area contributed by atoms with E-state index in [2.05, 4.69) is 18.5 Å². The average Bonchev–Trinajstić information content (AvgIpc) is 2.33. The fraction of sp³-hybridized carbons (Fsp3) is 0.625. The summed E-state index contributed by atoms with van der Waals surface area (Å²) in [6.45, 7) is 1.23. The van der Waals surface area contributed by atoms with Crippen LogP contribution in [-0.4, -0.2) is 29.6 Å². The molecule has 1 unspecified atom stereocenters. The number of hydrogen-bond acceptors (Lipinski definition) is 2. The Bertz CT molecular complexity index is 197. The number of amides is 1. The molecule has 0 spiro atoms.